The van der Waals surface area contributed by atoms with E-state index in [9.17, 15) is 28.8 Å². The molecule has 0 aromatic carbocycles. The number of carbonyl (C=O) groups excluding carboxylic acids is 6. The predicted octanol–water partition coefficient (Wildman–Crippen LogP) is 1.63. The highest BCUT2D eigenvalue weighted by atomic mass is 16.2. The molecule has 0 unspecified atom stereocenters. The fourth-order valence-electron chi connectivity index (χ4n) is 5.53. The summed E-state index contributed by atoms with van der Waals surface area (Å²) in [6.45, 7) is 7.79. The lowest BCUT2D eigenvalue weighted by molar-refractivity contribution is -0.141. The number of hydrogen-bond acceptors (Lipinski definition) is 6. The standard InChI is InChI=1S/C30H49N5O6/c1-5-10-21(33-27(39)23(18-11-7-6-8-12-18)35-29(41)30(2,3)4)26(38)34-22(17-19-13-9-16-31-25(19)37)24(36)28(40)32-20-14-15-20/h18-23H,5-17H2,1-4H3,(H,31,37)(H,32,40)(H,33,39)(H,34,38)(H,35,41)/t19-,21-,22-,23+/m0/s1. The average Bonchev–Trinajstić information content (AvgIpc) is 3.75. The molecule has 4 atom stereocenters. The van der Waals surface area contributed by atoms with E-state index in [-0.39, 0.29) is 30.2 Å². The van der Waals surface area contributed by atoms with Gasteiger partial charge in [-0.25, -0.2) is 0 Å². The summed E-state index contributed by atoms with van der Waals surface area (Å²) in [5.74, 6) is -3.55. The van der Waals surface area contributed by atoms with Crippen LogP contribution in [0.1, 0.15) is 105 Å². The van der Waals surface area contributed by atoms with Gasteiger partial charge in [-0.3, -0.25) is 28.8 Å². The van der Waals surface area contributed by atoms with E-state index in [4.69, 9.17) is 0 Å². The Labute approximate surface area is 243 Å². The smallest absolute Gasteiger partial charge is 0.289 e. The van der Waals surface area contributed by atoms with Crippen LogP contribution < -0.4 is 26.6 Å². The van der Waals surface area contributed by atoms with E-state index in [1.165, 1.54) is 0 Å². The van der Waals surface area contributed by atoms with Crippen LogP contribution in [0, 0.1) is 17.3 Å². The summed E-state index contributed by atoms with van der Waals surface area (Å²) in [7, 11) is 0. The molecule has 11 nitrogen and oxygen atoms in total. The van der Waals surface area contributed by atoms with Gasteiger partial charge in [0.05, 0.1) is 6.04 Å². The van der Waals surface area contributed by atoms with Gasteiger partial charge in [-0.15, -0.1) is 0 Å². The summed E-state index contributed by atoms with van der Waals surface area (Å²) in [5, 5.41) is 13.9. The molecular weight excluding hydrogens is 526 g/mol. The van der Waals surface area contributed by atoms with Crippen molar-refractivity contribution in [1.82, 2.24) is 26.6 Å². The van der Waals surface area contributed by atoms with Crippen LogP contribution in [0.15, 0.2) is 0 Å². The lowest BCUT2D eigenvalue weighted by Crippen LogP contribution is -2.59. The zero-order valence-corrected chi connectivity index (χ0v) is 25.1. The zero-order chi connectivity index (χ0) is 30.2. The third-order valence-electron chi connectivity index (χ3n) is 8.27. The molecule has 5 amide bonds. The van der Waals surface area contributed by atoms with E-state index in [1.807, 2.05) is 6.92 Å². The molecule has 3 aliphatic rings. The second-order valence-electron chi connectivity index (χ2n) is 13.0. The summed E-state index contributed by atoms with van der Waals surface area (Å²) in [6, 6.07) is -2.97. The van der Waals surface area contributed by atoms with Crippen molar-refractivity contribution in [3.05, 3.63) is 0 Å². The van der Waals surface area contributed by atoms with Gasteiger partial charge in [0.2, 0.25) is 29.4 Å². The van der Waals surface area contributed by atoms with Crippen molar-refractivity contribution in [3.63, 3.8) is 0 Å². The molecule has 1 heterocycles. The molecule has 230 valence electrons. The summed E-state index contributed by atoms with van der Waals surface area (Å²) in [5.41, 5.74) is -0.687. The maximum Gasteiger partial charge on any atom is 0.289 e. The first-order valence-corrected chi connectivity index (χ1v) is 15.4. The van der Waals surface area contributed by atoms with Gasteiger partial charge < -0.3 is 26.6 Å². The van der Waals surface area contributed by atoms with Crippen LogP contribution in [0.3, 0.4) is 0 Å². The van der Waals surface area contributed by atoms with Gasteiger partial charge in [0, 0.05) is 23.9 Å². The van der Waals surface area contributed by atoms with Gasteiger partial charge in [-0.2, -0.15) is 0 Å². The van der Waals surface area contributed by atoms with E-state index in [1.54, 1.807) is 20.8 Å². The second-order valence-corrected chi connectivity index (χ2v) is 13.0. The number of ketones is 1. The predicted molar refractivity (Wildman–Crippen MR) is 153 cm³/mol. The Morgan fingerprint density at radius 2 is 1.51 bits per heavy atom. The molecule has 0 aromatic rings. The fraction of sp³-hybridized carbons (Fsp3) is 0.800. The molecule has 3 rings (SSSR count). The number of carbonyl (C=O) groups is 6. The minimum Gasteiger partial charge on any atom is -0.356 e. The van der Waals surface area contributed by atoms with Crippen molar-refractivity contribution in [3.8, 4) is 0 Å². The van der Waals surface area contributed by atoms with Crippen LogP contribution in [0.4, 0.5) is 0 Å². The van der Waals surface area contributed by atoms with Crippen molar-refractivity contribution >= 4 is 35.3 Å². The fourth-order valence-corrected chi connectivity index (χ4v) is 5.53. The molecule has 0 radical (unpaired) electrons. The topological polar surface area (TPSA) is 163 Å². The van der Waals surface area contributed by atoms with Gasteiger partial charge in [0.25, 0.3) is 5.91 Å². The quantitative estimate of drug-likeness (QED) is 0.210. The Morgan fingerprint density at radius 3 is 2.10 bits per heavy atom. The maximum atomic E-state index is 13.6. The lowest BCUT2D eigenvalue weighted by atomic mass is 9.82. The lowest BCUT2D eigenvalue weighted by Gasteiger charge is -2.33. The van der Waals surface area contributed by atoms with E-state index in [2.05, 4.69) is 26.6 Å². The first kappa shape index (κ1) is 32.5. The number of hydrogen-bond donors (Lipinski definition) is 5. The van der Waals surface area contributed by atoms with Crippen molar-refractivity contribution in [2.45, 2.75) is 129 Å². The number of amides is 5. The van der Waals surface area contributed by atoms with Crippen molar-refractivity contribution in [2.75, 3.05) is 6.54 Å². The van der Waals surface area contributed by atoms with Crippen molar-refractivity contribution in [2.24, 2.45) is 17.3 Å². The first-order chi connectivity index (χ1) is 19.4. The average molecular weight is 576 g/mol. The first-order valence-electron chi connectivity index (χ1n) is 15.4. The molecule has 1 aliphatic heterocycles. The Morgan fingerprint density at radius 1 is 0.854 bits per heavy atom. The molecule has 2 saturated carbocycles. The largest absolute Gasteiger partial charge is 0.356 e. The highest BCUT2D eigenvalue weighted by molar-refractivity contribution is 6.38. The van der Waals surface area contributed by atoms with E-state index >= 15 is 0 Å². The summed E-state index contributed by atoms with van der Waals surface area (Å²) in [6.07, 6.45) is 8.45. The molecule has 0 spiro atoms. The van der Waals surface area contributed by atoms with E-state index < -0.39 is 53.0 Å². The van der Waals surface area contributed by atoms with Crippen LogP contribution in [0.2, 0.25) is 0 Å². The van der Waals surface area contributed by atoms with Gasteiger partial charge in [-0.05, 0) is 57.3 Å². The highest BCUT2D eigenvalue weighted by Crippen LogP contribution is 2.28. The maximum absolute atomic E-state index is 13.6. The van der Waals surface area contributed by atoms with Crippen LogP contribution in [0.5, 0.6) is 0 Å². The molecule has 1 saturated heterocycles. The van der Waals surface area contributed by atoms with Gasteiger partial charge in [-0.1, -0.05) is 53.4 Å². The van der Waals surface area contributed by atoms with Crippen molar-refractivity contribution in [1.29, 1.82) is 0 Å². The van der Waals surface area contributed by atoms with Gasteiger partial charge in [0.15, 0.2) is 0 Å². The molecule has 0 bridgehead atoms. The Kier molecular flexibility index (Phi) is 11.7. The van der Waals surface area contributed by atoms with Crippen molar-refractivity contribution < 1.29 is 28.8 Å². The van der Waals surface area contributed by atoms with Crippen LogP contribution in [-0.2, 0) is 28.8 Å². The van der Waals surface area contributed by atoms with E-state index in [0.717, 1.165) is 51.4 Å². The molecule has 2 aliphatic carbocycles. The molecule has 3 fully saturated rings. The Hall–Kier alpha value is -2.98. The summed E-state index contributed by atoms with van der Waals surface area (Å²) in [4.78, 5) is 78.3. The minimum absolute atomic E-state index is 0.00756. The number of piperidine rings is 1. The second kappa shape index (κ2) is 14.8. The molecular formula is C30H49N5O6. The Balaban J connectivity index is 1.75. The summed E-state index contributed by atoms with van der Waals surface area (Å²) >= 11 is 0. The molecule has 41 heavy (non-hydrogen) atoms. The van der Waals surface area contributed by atoms with Crippen LogP contribution >= 0.6 is 0 Å². The van der Waals surface area contributed by atoms with Crippen LogP contribution in [0.25, 0.3) is 0 Å². The van der Waals surface area contributed by atoms with Crippen LogP contribution in [-0.4, -0.2) is 66.0 Å². The molecule has 5 N–H and O–H groups in total. The normalized spacial score (nSPS) is 22.0. The molecule has 0 aromatic heterocycles. The summed E-state index contributed by atoms with van der Waals surface area (Å²) < 4.78 is 0. The molecule has 11 heteroatoms. The Bertz CT molecular complexity index is 982. The third kappa shape index (κ3) is 9.81. The number of Topliss-reactive ketones (excluding diaryl/α,β-unsaturated/α-hetero) is 1. The van der Waals surface area contributed by atoms with E-state index in [0.29, 0.717) is 25.8 Å². The highest BCUT2D eigenvalue weighted by Gasteiger charge is 2.38. The minimum atomic E-state index is -1.19. The number of rotatable bonds is 13. The van der Waals surface area contributed by atoms with Gasteiger partial charge >= 0.3 is 0 Å². The monoisotopic (exact) mass is 575 g/mol. The number of nitrogens with one attached hydrogen (secondary N) is 5. The SMILES string of the molecule is CCC[C@H](NC(=O)[C@H](NC(=O)C(C)(C)C)C1CCCCC1)C(=O)N[C@@H](C[C@@H]1CCCNC1=O)C(=O)C(=O)NC1CC1. The zero-order valence-electron chi connectivity index (χ0n) is 25.1. The third-order valence-corrected chi connectivity index (χ3v) is 8.27. The van der Waals surface area contributed by atoms with Gasteiger partial charge in [0.1, 0.15) is 12.1 Å².